The molecule has 1 aromatic carbocycles. The van der Waals surface area contributed by atoms with E-state index < -0.39 is 5.97 Å². The van der Waals surface area contributed by atoms with Gasteiger partial charge in [-0.3, -0.25) is 14.8 Å². The van der Waals surface area contributed by atoms with Crippen LogP contribution in [0.4, 0.5) is 0 Å². The van der Waals surface area contributed by atoms with Crippen LogP contribution in [0.3, 0.4) is 0 Å². The van der Waals surface area contributed by atoms with E-state index in [0.29, 0.717) is 22.2 Å². The Morgan fingerprint density at radius 2 is 1.87 bits per heavy atom. The molecule has 4 rings (SSSR count). The number of rotatable bonds is 7. The lowest BCUT2D eigenvalue weighted by molar-refractivity contribution is 0.0474. The molecule has 0 atom stereocenters. The first kappa shape index (κ1) is 20.0. The number of Topliss-reactive ketones (excluding diaryl/α,β-unsaturated/α-hetero) is 1. The number of fused-ring (bicyclic) bond motifs is 1. The van der Waals surface area contributed by atoms with E-state index in [1.807, 2.05) is 26.0 Å². The first-order valence-electron chi connectivity index (χ1n) is 9.63. The Morgan fingerprint density at radius 3 is 2.63 bits per heavy atom. The van der Waals surface area contributed by atoms with Crippen molar-refractivity contribution in [3.63, 3.8) is 0 Å². The zero-order chi connectivity index (χ0) is 21.1. The van der Waals surface area contributed by atoms with Crippen LogP contribution in [0.25, 0.3) is 11.0 Å². The van der Waals surface area contributed by atoms with E-state index in [-0.39, 0.29) is 12.4 Å². The van der Waals surface area contributed by atoms with Crippen LogP contribution in [-0.2, 0) is 17.7 Å². The van der Waals surface area contributed by atoms with Crippen LogP contribution in [0, 0.1) is 13.8 Å². The van der Waals surface area contributed by atoms with Crippen molar-refractivity contribution in [1.29, 1.82) is 0 Å². The zero-order valence-corrected chi connectivity index (χ0v) is 17.6. The molecule has 30 heavy (non-hydrogen) atoms. The van der Waals surface area contributed by atoms with E-state index in [2.05, 4.69) is 26.0 Å². The van der Waals surface area contributed by atoms with E-state index in [1.54, 1.807) is 41.9 Å². The minimum Gasteiger partial charge on any atom is -0.454 e. The topological polar surface area (TPSA) is 74.1 Å². The SMILES string of the molecule is Cc1cc(C(=O)COC(=O)c2ccc3nccnc3c2)c(C)n1CCc1cccs1. The number of aromatic nitrogens is 3. The van der Waals surface area contributed by atoms with Gasteiger partial charge >= 0.3 is 5.97 Å². The first-order chi connectivity index (χ1) is 14.5. The number of ether oxygens (including phenoxy) is 1. The maximum Gasteiger partial charge on any atom is 0.338 e. The van der Waals surface area contributed by atoms with Gasteiger partial charge in [0.05, 0.1) is 16.6 Å². The number of ketones is 1. The van der Waals surface area contributed by atoms with Gasteiger partial charge in [0, 0.05) is 40.8 Å². The summed E-state index contributed by atoms with van der Waals surface area (Å²) >= 11 is 1.73. The molecule has 3 aromatic heterocycles. The lowest BCUT2D eigenvalue weighted by Gasteiger charge is -2.09. The summed E-state index contributed by atoms with van der Waals surface area (Å²) in [5.41, 5.74) is 4.15. The Labute approximate surface area is 178 Å². The predicted octanol–water partition coefficient (Wildman–Crippen LogP) is 4.39. The largest absolute Gasteiger partial charge is 0.454 e. The second-order valence-corrected chi connectivity index (χ2v) is 8.06. The van der Waals surface area contributed by atoms with Gasteiger partial charge in [0.15, 0.2) is 6.61 Å². The molecule has 0 saturated carbocycles. The lowest BCUT2D eigenvalue weighted by atomic mass is 10.1. The summed E-state index contributed by atoms with van der Waals surface area (Å²) in [7, 11) is 0. The summed E-state index contributed by atoms with van der Waals surface area (Å²) in [4.78, 5) is 34.8. The first-order valence-corrected chi connectivity index (χ1v) is 10.5. The summed E-state index contributed by atoms with van der Waals surface area (Å²) in [5, 5.41) is 2.07. The quantitative estimate of drug-likeness (QED) is 0.328. The van der Waals surface area contributed by atoms with Crippen LogP contribution in [0.2, 0.25) is 0 Å². The number of nitrogens with zero attached hydrogens (tertiary/aromatic N) is 3. The highest BCUT2D eigenvalue weighted by Gasteiger charge is 2.18. The molecule has 0 aliphatic heterocycles. The molecule has 0 amide bonds. The third-order valence-electron chi connectivity index (χ3n) is 5.08. The molecule has 6 nitrogen and oxygen atoms in total. The number of carbonyl (C=O) groups is 2. The average molecular weight is 420 g/mol. The van der Waals surface area contributed by atoms with Gasteiger partial charge in [-0.25, -0.2) is 4.79 Å². The van der Waals surface area contributed by atoms with E-state index >= 15 is 0 Å². The summed E-state index contributed by atoms with van der Waals surface area (Å²) in [6.45, 7) is 4.43. The lowest BCUT2D eigenvalue weighted by Crippen LogP contribution is -2.15. The number of thiophene rings is 1. The number of hydrogen-bond acceptors (Lipinski definition) is 6. The Bertz CT molecular complexity index is 1210. The van der Waals surface area contributed by atoms with E-state index in [0.717, 1.165) is 24.4 Å². The number of hydrogen-bond donors (Lipinski definition) is 0. The highest BCUT2D eigenvalue weighted by molar-refractivity contribution is 7.09. The van der Waals surface area contributed by atoms with Gasteiger partial charge in [-0.2, -0.15) is 0 Å². The molecule has 152 valence electrons. The summed E-state index contributed by atoms with van der Waals surface area (Å²) in [5.74, 6) is -0.762. The van der Waals surface area contributed by atoms with Crippen molar-refractivity contribution >= 4 is 34.1 Å². The second-order valence-electron chi connectivity index (χ2n) is 7.02. The van der Waals surface area contributed by atoms with Crippen LogP contribution in [0.1, 0.15) is 37.0 Å². The molecule has 0 radical (unpaired) electrons. The fourth-order valence-corrected chi connectivity index (χ4v) is 4.18. The molecular weight excluding hydrogens is 398 g/mol. The molecule has 0 saturated heterocycles. The van der Waals surface area contributed by atoms with E-state index in [9.17, 15) is 9.59 Å². The van der Waals surface area contributed by atoms with Gasteiger partial charge in [-0.15, -0.1) is 11.3 Å². The van der Waals surface area contributed by atoms with Crippen LogP contribution in [0.15, 0.2) is 54.2 Å². The molecule has 4 aromatic rings. The zero-order valence-electron chi connectivity index (χ0n) is 16.8. The van der Waals surface area contributed by atoms with E-state index in [1.165, 1.54) is 4.88 Å². The molecule has 0 bridgehead atoms. The third-order valence-corrected chi connectivity index (χ3v) is 6.01. The Balaban J connectivity index is 1.41. The molecule has 0 fully saturated rings. The molecule has 0 unspecified atom stereocenters. The summed E-state index contributed by atoms with van der Waals surface area (Å²) in [6, 6.07) is 11.0. The second kappa shape index (κ2) is 8.59. The van der Waals surface area contributed by atoms with Crippen molar-refractivity contribution in [1.82, 2.24) is 14.5 Å². The molecule has 0 N–H and O–H groups in total. The van der Waals surface area contributed by atoms with Gasteiger partial charge in [-0.1, -0.05) is 6.07 Å². The predicted molar refractivity (Wildman–Crippen MR) is 116 cm³/mol. The number of benzene rings is 1. The summed E-state index contributed by atoms with van der Waals surface area (Å²) < 4.78 is 7.41. The van der Waals surface area contributed by atoms with Crippen molar-refractivity contribution in [2.75, 3.05) is 6.61 Å². The highest BCUT2D eigenvalue weighted by Crippen LogP contribution is 2.19. The van der Waals surface area contributed by atoms with Crippen molar-refractivity contribution in [2.24, 2.45) is 0 Å². The van der Waals surface area contributed by atoms with Gasteiger partial charge in [0.25, 0.3) is 0 Å². The van der Waals surface area contributed by atoms with Crippen LogP contribution in [-0.4, -0.2) is 32.9 Å². The van der Waals surface area contributed by atoms with Gasteiger partial charge in [-0.05, 0) is 56.0 Å². The summed E-state index contributed by atoms with van der Waals surface area (Å²) in [6.07, 6.45) is 4.08. The standard InChI is InChI=1S/C23H21N3O3S/c1-15-12-19(16(2)26(15)10-7-18-4-3-11-30-18)22(27)14-29-23(28)17-5-6-20-21(13-17)25-9-8-24-20/h3-6,8-9,11-13H,7,10,14H2,1-2H3. The fraction of sp³-hybridized carbons (Fsp3) is 0.217. The highest BCUT2D eigenvalue weighted by atomic mass is 32.1. The molecule has 3 heterocycles. The minimum absolute atomic E-state index is 0.209. The maximum absolute atomic E-state index is 12.7. The maximum atomic E-state index is 12.7. The Hall–Kier alpha value is -3.32. The third kappa shape index (κ3) is 4.16. The number of esters is 1. The van der Waals surface area contributed by atoms with Gasteiger partial charge < -0.3 is 9.30 Å². The van der Waals surface area contributed by atoms with Crippen molar-refractivity contribution in [2.45, 2.75) is 26.8 Å². The van der Waals surface area contributed by atoms with E-state index in [4.69, 9.17) is 4.74 Å². The molecule has 7 heteroatoms. The van der Waals surface area contributed by atoms with Gasteiger partial charge in [0.2, 0.25) is 5.78 Å². The molecule has 0 aliphatic rings. The molecule has 0 spiro atoms. The van der Waals surface area contributed by atoms with Crippen molar-refractivity contribution < 1.29 is 14.3 Å². The smallest absolute Gasteiger partial charge is 0.338 e. The Kier molecular flexibility index (Phi) is 5.72. The molecular formula is C23H21N3O3S. The van der Waals surface area contributed by atoms with Crippen molar-refractivity contribution in [3.8, 4) is 0 Å². The van der Waals surface area contributed by atoms with Crippen LogP contribution >= 0.6 is 11.3 Å². The van der Waals surface area contributed by atoms with Crippen molar-refractivity contribution in [3.05, 3.63) is 81.6 Å². The van der Waals surface area contributed by atoms with Crippen LogP contribution in [0.5, 0.6) is 0 Å². The minimum atomic E-state index is -0.553. The average Bonchev–Trinajstić information content (AvgIpc) is 3.38. The molecule has 0 aliphatic carbocycles. The normalized spacial score (nSPS) is 11.0. The van der Waals surface area contributed by atoms with Crippen LogP contribution < -0.4 is 0 Å². The number of aryl methyl sites for hydroxylation is 2. The Morgan fingerprint density at radius 1 is 1.07 bits per heavy atom. The number of carbonyl (C=O) groups excluding carboxylic acids is 2. The monoisotopic (exact) mass is 419 g/mol. The van der Waals surface area contributed by atoms with Gasteiger partial charge in [0.1, 0.15) is 0 Å². The fourth-order valence-electron chi connectivity index (χ4n) is 3.49.